The third-order valence-corrected chi connectivity index (χ3v) is 9.85. The van der Waals surface area contributed by atoms with E-state index in [2.05, 4.69) is 28.6 Å². The first-order valence-electron chi connectivity index (χ1n) is 15.5. The second kappa shape index (κ2) is 13.1. The molecule has 10 nitrogen and oxygen atoms in total. The predicted molar refractivity (Wildman–Crippen MR) is 174 cm³/mol. The van der Waals surface area contributed by atoms with E-state index < -0.39 is 5.95 Å². The number of nitriles is 1. The fourth-order valence-electron chi connectivity index (χ4n) is 5.75. The number of aliphatic hydroxyl groups is 1. The summed E-state index contributed by atoms with van der Waals surface area (Å²) in [4.78, 5) is 38.5. The Labute approximate surface area is 270 Å². The molecule has 1 aromatic carbocycles. The van der Waals surface area contributed by atoms with E-state index in [0.717, 1.165) is 41.6 Å². The van der Waals surface area contributed by atoms with Crippen molar-refractivity contribution in [3.8, 4) is 16.5 Å². The summed E-state index contributed by atoms with van der Waals surface area (Å²) in [5.41, 5.74) is 3.19. The third-order valence-electron chi connectivity index (χ3n) is 8.72. The first-order valence-corrected chi connectivity index (χ1v) is 16.3. The van der Waals surface area contributed by atoms with Gasteiger partial charge in [-0.15, -0.1) is 11.3 Å². The molecule has 4 aromatic rings. The number of hydrogen-bond acceptors (Lipinski definition) is 8. The highest BCUT2D eigenvalue weighted by molar-refractivity contribution is 7.17. The van der Waals surface area contributed by atoms with E-state index in [1.807, 2.05) is 35.8 Å². The number of amides is 2. The van der Waals surface area contributed by atoms with E-state index in [9.17, 15) is 24.3 Å². The molecule has 2 atom stereocenters. The number of nitrogens with zero attached hydrogens (tertiary/aromatic N) is 5. The fourth-order valence-corrected chi connectivity index (χ4v) is 6.64. The molecule has 1 aliphatic heterocycles. The van der Waals surface area contributed by atoms with Crippen LogP contribution < -0.4 is 10.6 Å². The number of aliphatic hydroxyl groups excluding tert-OH is 1. The molecule has 0 spiro atoms. The number of nitrogens with one attached hydrogen (secondary N) is 2. The van der Waals surface area contributed by atoms with Crippen LogP contribution in [-0.4, -0.2) is 61.6 Å². The van der Waals surface area contributed by atoms with Gasteiger partial charge >= 0.3 is 0 Å². The Morgan fingerprint density at radius 3 is 2.83 bits per heavy atom. The molecule has 0 radical (unpaired) electrons. The van der Waals surface area contributed by atoms with Crippen LogP contribution in [0.1, 0.15) is 54.8 Å². The van der Waals surface area contributed by atoms with Gasteiger partial charge in [0, 0.05) is 42.8 Å². The second-order valence-electron chi connectivity index (χ2n) is 12.4. The SMILES string of the molecule is C[C@H](CO)NCc1ccc2c(c1)nc(NC(=O)c1ccc(-c3ccnc(F)c3)s1)n2C[C@H]1CCCN1C(=O)/C(C#N)=C\C1(C)CC1. The summed E-state index contributed by atoms with van der Waals surface area (Å²) in [5.74, 6) is -0.852. The van der Waals surface area contributed by atoms with Crippen LogP contribution in [0.25, 0.3) is 21.5 Å². The van der Waals surface area contributed by atoms with Crippen molar-refractivity contribution < 1.29 is 19.1 Å². The molecule has 3 N–H and O–H groups in total. The molecule has 4 heterocycles. The van der Waals surface area contributed by atoms with Crippen LogP contribution in [0.2, 0.25) is 0 Å². The first kappa shape index (κ1) is 31.5. The van der Waals surface area contributed by atoms with E-state index in [1.165, 1.54) is 23.6 Å². The summed E-state index contributed by atoms with van der Waals surface area (Å²) in [7, 11) is 0. The van der Waals surface area contributed by atoms with Crippen LogP contribution >= 0.6 is 11.3 Å². The van der Waals surface area contributed by atoms with Crippen LogP contribution in [0.5, 0.6) is 0 Å². The van der Waals surface area contributed by atoms with Gasteiger partial charge < -0.3 is 19.9 Å². The third kappa shape index (κ3) is 6.87. The smallest absolute Gasteiger partial charge is 0.268 e. The number of benzene rings is 1. The molecule has 1 saturated carbocycles. The number of carbonyl (C=O) groups excluding carboxylic acids is 2. The number of halogens is 1. The Morgan fingerprint density at radius 1 is 1.26 bits per heavy atom. The molecule has 46 heavy (non-hydrogen) atoms. The number of allylic oxidation sites excluding steroid dienone is 1. The Hall–Kier alpha value is -4.44. The number of rotatable bonds is 11. The normalized spacial score (nSPS) is 18.0. The highest BCUT2D eigenvalue weighted by Gasteiger charge is 2.38. The van der Waals surface area contributed by atoms with Gasteiger partial charge in [0.15, 0.2) is 0 Å². The van der Waals surface area contributed by atoms with Crippen molar-refractivity contribution >= 4 is 40.1 Å². The number of anilines is 1. The van der Waals surface area contributed by atoms with Crippen LogP contribution in [-0.2, 0) is 17.9 Å². The maximum atomic E-state index is 13.7. The van der Waals surface area contributed by atoms with E-state index in [0.29, 0.717) is 41.5 Å². The number of carbonyl (C=O) groups is 2. The van der Waals surface area contributed by atoms with Crippen LogP contribution in [0.3, 0.4) is 0 Å². The van der Waals surface area contributed by atoms with E-state index >= 15 is 0 Å². The van der Waals surface area contributed by atoms with Crippen LogP contribution in [0.4, 0.5) is 10.3 Å². The molecule has 0 unspecified atom stereocenters. The number of thiophene rings is 1. The van der Waals surface area contributed by atoms with Crippen molar-refractivity contribution in [1.82, 2.24) is 24.8 Å². The molecule has 238 valence electrons. The maximum absolute atomic E-state index is 13.7. The lowest BCUT2D eigenvalue weighted by Crippen LogP contribution is -2.39. The largest absolute Gasteiger partial charge is 0.395 e. The zero-order chi connectivity index (χ0) is 32.4. The number of imidazole rings is 1. The summed E-state index contributed by atoms with van der Waals surface area (Å²) < 4.78 is 15.6. The zero-order valence-corrected chi connectivity index (χ0v) is 26.6. The fraction of sp³-hybridized carbons (Fsp3) is 0.382. The average Bonchev–Trinajstić information content (AvgIpc) is 3.42. The molecule has 0 bridgehead atoms. The van der Waals surface area contributed by atoms with Crippen molar-refractivity contribution in [2.24, 2.45) is 5.41 Å². The van der Waals surface area contributed by atoms with Crippen molar-refractivity contribution in [2.75, 3.05) is 18.5 Å². The Kier molecular flexibility index (Phi) is 8.99. The highest BCUT2D eigenvalue weighted by Crippen LogP contribution is 2.47. The monoisotopic (exact) mass is 641 g/mol. The van der Waals surface area contributed by atoms with Gasteiger partial charge in [0.05, 0.1) is 28.6 Å². The summed E-state index contributed by atoms with van der Waals surface area (Å²) in [6.45, 7) is 5.46. The summed E-state index contributed by atoms with van der Waals surface area (Å²) in [6, 6.07) is 14.2. The minimum atomic E-state index is -0.593. The van der Waals surface area contributed by atoms with Gasteiger partial charge in [0.25, 0.3) is 11.8 Å². The minimum Gasteiger partial charge on any atom is -0.395 e. The van der Waals surface area contributed by atoms with Gasteiger partial charge in [0.1, 0.15) is 11.6 Å². The quantitative estimate of drug-likeness (QED) is 0.115. The number of hydrogen-bond donors (Lipinski definition) is 3. The Bertz CT molecular complexity index is 1850. The van der Waals surface area contributed by atoms with Gasteiger partial charge in [0.2, 0.25) is 11.9 Å². The van der Waals surface area contributed by atoms with E-state index in [4.69, 9.17) is 4.98 Å². The predicted octanol–water partition coefficient (Wildman–Crippen LogP) is 5.26. The Balaban J connectivity index is 1.29. The standard InChI is InChI=1S/C34H36FN7O3S/c1-21(20-43)38-18-22-5-6-27-26(14-22)39-33(40-31(44)29-8-7-28(46-29)23-9-12-37-30(35)15-23)42(27)19-25-4-3-13-41(25)32(45)24(17-36)16-34(2)10-11-34/h5-9,12,14-16,21,25,38,43H,3-4,10-11,13,18-20H2,1-2H3,(H,39,40,44)/b24-16-/t21-,25-/m1/s1. The average molecular weight is 642 g/mol. The zero-order valence-electron chi connectivity index (χ0n) is 25.8. The van der Waals surface area contributed by atoms with Gasteiger partial charge in [-0.2, -0.15) is 9.65 Å². The number of fused-ring (bicyclic) bond motifs is 1. The van der Waals surface area contributed by atoms with Crippen molar-refractivity contribution in [1.29, 1.82) is 5.26 Å². The van der Waals surface area contributed by atoms with Gasteiger partial charge in [-0.3, -0.25) is 14.9 Å². The summed E-state index contributed by atoms with van der Waals surface area (Å²) >= 11 is 1.24. The lowest BCUT2D eigenvalue weighted by molar-refractivity contribution is -0.127. The van der Waals surface area contributed by atoms with Crippen molar-refractivity contribution in [3.05, 3.63) is 76.7 Å². The lowest BCUT2D eigenvalue weighted by Gasteiger charge is -2.26. The van der Waals surface area contributed by atoms with Gasteiger partial charge in [-0.25, -0.2) is 9.97 Å². The number of likely N-dealkylation sites (tertiary alicyclic amines) is 1. The highest BCUT2D eigenvalue weighted by atomic mass is 32.1. The van der Waals surface area contributed by atoms with Gasteiger partial charge in [-0.1, -0.05) is 19.1 Å². The molecule has 6 rings (SSSR count). The molecule has 12 heteroatoms. The van der Waals surface area contributed by atoms with Crippen molar-refractivity contribution in [2.45, 2.75) is 64.7 Å². The molecule has 2 amide bonds. The topological polar surface area (TPSA) is 136 Å². The maximum Gasteiger partial charge on any atom is 0.268 e. The van der Waals surface area contributed by atoms with Gasteiger partial charge in [-0.05, 0) is 79.5 Å². The summed E-state index contributed by atoms with van der Waals surface area (Å²) in [5, 5.41) is 25.5. The number of aromatic nitrogens is 3. The molecular weight excluding hydrogens is 605 g/mol. The lowest BCUT2D eigenvalue weighted by atomic mass is 10.0. The Morgan fingerprint density at radius 2 is 2.09 bits per heavy atom. The minimum absolute atomic E-state index is 0.0200. The second-order valence-corrected chi connectivity index (χ2v) is 13.5. The van der Waals surface area contributed by atoms with Crippen molar-refractivity contribution in [3.63, 3.8) is 0 Å². The molecule has 1 saturated heterocycles. The molecule has 2 aliphatic rings. The summed E-state index contributed by atoms with van der Waals surface area (Å²) in [6.07, 6.45) is 6.73. The molecule has 2 fully saturated rings. The van der Waals surface area contributed by atoms with Crippen LogP contribution in [0.15, 0.2) is 60.3 Å². The number of pyridine rings is 1. The molecule has 1 aliphatic carbocycles. The van der Waals surface area contributed by atoms with E-state index in [1.54, 1.807) is 23.1 Å². The van der Waals surface area contributed by atoms with E-state index in [-0.39, 0.29) is 41.5 Å². The van der Waals surface area contributed by atoms with Crippen LogP contribution in [0, 0.1) is 22.7 Å². The first-order chi connectivity index (χ1) is 22.2. The molecular formula is C34H36FN7O3S. The molecule has 3 aromatic heterocycles.